The van der Waals surface area contributed by atoms with Gasteiger partial charge in [0.15, 0.2) is 11.7 Å². The van der Waals surface area contributed by atoms with Crippen LogP contribution < -0.4 is 10.6 Å². The van der Waals surface area contributed by atoms with Gasteiger partial charge in [-0.1, -0.05) is 6.92 Å². The predicted molar refractivity (Wildman–Crippen MR) is 110 cm³/mol. The maximum atomic E-state index is 12.5. The highest BCUT2D eigenvalue weighted by molar-refractivity contribution is 14.0. The first-order valence-corrected chi connectivity index (χ1v) is 9.48. The highest BCUT2D eigenvalue weighted by atomic mass is 127. The van der Waals surface area contributed by atoms with E-state index >= 15 is 0 Å². The summed E-state index contributed by atoms with van der Waals surface area (Å²) in [5.74, 6) is 1.28. The molecule has 1 aromatic rings. The van der Waals surface area contributed by atoms with Crippen LogP contribution in [0.5, 0.6) is 0 Å². The zero-order valence-corrected chi connectivity index (χ0v) is 18.3. The molecule has 0 amide bonds. The third kappa shape index (κ3) is 7.55. The molecule has 1 aliphatic heterocycles. The Kier molecular flexibility index (Phi) is 10.2. The quantitative estimate of drug-likeness (QED) is 0.354. The molecule has 2 N–H and O–H groups in total. The molecule has 1 atom stereocenters. The SMILES string of the molecule is CCN1CCCC(CNC(=NC)NCCc2nc(C(F)(F)F)cs2)C1.I. The van der Waals surface area contributed by atoms with E-state index in [1.807, 2.05) is 0 Å². The average Bonchev–Trinajstić information content (AvgIpc) is 3.07. The first kappa shape index (κ1) is 23.4. The van der Waals surface area contributed by atoms with E-state index < -0.39 is 11.9 Å². The summed E-state index contributed by atoms with van der Waals surface area (Å²) < 4.78 is 37.6. The van der Waals surface area contributed by atoms with Crippen LogP contribution in [-0.2, 0) is 12.6 Å². The Morgan fingerprint density at radius 3 is 2.81 bits per heavy atom. The third-order valence-corrected chi connectivity index (χ3v) is 5.21. The molecule has 1 aromatic heterocycles. The number of guanidine groups is 1. The molecule has 0 bridgehead atoms. The third-order valence-electron chi connectivity index (χ3n) is 4.31. The van der Waals surface area contributed by atoms with Gasteiger partial charge in [0.2, 0.25) is 0 Å². The summed E-state index contributed by atoms with van der Waals surface area (Å²) in [5.41, 5.74) is -0.812. The minimum Gasteiger partial charge on any atom is -0.356 e. The van der Waals surface area contributed by atoms with E-state index in [9.17, 15) is 13.2 Å². The van der Waals surface area contributed by atoms with Crippen LogP contribution >= 0.6 is 35.3 Å². The van der Waals surface area contributed by atoms with Gasteiger partial charge in [-0.25, -0.2) is 4.98 Å². The highest BCUT2D eigenvalue weighted by Crippen LogP contribution is 2.29. The number of hydrogen-bond donors (Lipinski definition) is 2. The van der Waals surface area contributed by atoms with Crippen LogP contribution in [0, 0.1) is 5.92 Å². The monoisotopic (exact) mass is 505 g/mol. The Morgan fingerprint density at radius 2 is 2.19 bits per heavy atom. The van der Waals surface area contributed by atoms with Crippen LogP contribution in [0.2, 0.25) is 0 Å². The van der Waals surface area contributed by atoms with Crippen molar-refractivity contribution in [3.8, 4) is 0 Å². The highest BCUT2D eigenvalue weighted by Gasteiger charge is 2.33. The van der Waals surface area contributed by atoms with E-state index in [-0.39, 0.29) is 24.0 Å². The summed E-state index contributed by atoms with van der Waals surface area (Å²) in [6, 6.07) is 0. The first-order chi connectivity index (χ1) is 11.9. The van der Waals surface area contributed by atoms with Crippen molar-refractivity contribution in [2.24, 2.45) is 10.9 Å². The van der Waals surface area contributed by atoms with E-state index in [0.29, 0.717) is 29.9 Å². The molecule has 0 radical (unpaired) electrons. The zero-order chi connectivity index (χ0) is 18.3. The molecule has 26 heavy (non-hydrogen) atoms. The Bertz CT molecular complexity index is 564. The summed E-state index contributed by atoms with van der Waals surface area (Å²) in [5, 5.41) is 7.99. The second-order valence-corrected chi connectivity index (χ2v) is 7.10. The fourth-order valence-electron chi connectivity index (χ4n) is 2.91. The average molecular weight is 505 g/mol. The van der Waals surface area contributed by atoms with E-state index in [1.54, 1.807) is 7.05 Å². The second-order valence-electron chi connectivity index (χ2n) is 6.16. The number of likely N-dealkylation sites (tertiary alicyclic amines) is 1. The fraction of sp³-hybridized carbons (Fsp3) is 0.750. The molecule has 2 rings (SSSR count). The maximum absolute atomic E-state index is 12.5. The summed E-state index contributed by atoms with van der Waals surface area (Å²) in [6.45, 7) is 6.88. The number of nitrogens with zero attached hydrogens (tertiary/aromatic N) is 3. The van der Waals surface area contributed by atoms with Crippen molar-refractivity contribution in [3.05, 3.63) is 16.1 Å². The number of alkyl halides is 3. The van der Waals surface area contributed by atoms with Crippen LogP contribution in [0.3, 0.4) is 0 Å². The van der Waals surface area contributed by atoms with Crippen molar-refractivity contribution in [1.82, 2.24) is 20.5 Å². The second kappa shape index (κ2) is 11.3. The Balaban J connectivity index is 0.00000338. The number of hydrogen-bond acceptors (Lipinski definition) is 4. The lowest BCUT2D eigenvalue weighted by Crippen LogP contribution is -2.44. The maximum Gasteiger partial charge on any atom is 0.434 e. The molecule has 150 valence electrons. The number of halogens is 4. The molecule has 1 unspecified atom stereocenters. The lowest BCUT2D eigenvalue weighted by atomic mass is 9.98. The number of piperidine rings is 1. The summed E-state index contributed by atoms with van der Waals surface area (Å²) in [7, 11) is 1.69. The largest absolute Gasteiger partial charge is 0.434 e. The van der Waals surface area contributed by atoms with E-state index in [4.69, 9.17) is 0 Å². The van der Waals surface area contributed by atoms with Gasteiger partial charge in [-0.3, -0.25) is 4.99 Å². The lowest BCUT2D eigenvalue weighted by molar-refractivity contribution is -0.140. The molecule has 1 saturated heterocycles. The number of aliphatic imine (C=N–C) groups is 1. The molecule has 0 aromatic carbocycles. The Morgan fingerprint density at radius 1 is 1.42 bits per heavy atom. The first-order valence-electron chi connectivity index (χ1n) is 8.60. The molecule has 0 saturated carbocycles. The summed E-state index contributed by atoms with van der Waals surface area (Å²) >= 11 is 1.04. The summed E-state index contributed by atoms with van der Waals surface area (Å²) in [4.78, 5) is 10.3. The normalized spacial score (nSPS) is 19.1. The van der Waals surface area contributed by atoms with Gasteiger partial charge < -0.3 is 15.5 Å². The Labute approximate surface area is 173 Å². The van der Waals surface area contributed by atoms with Gasteiger partial charge in [0.1, 0.15) is 0 Å². The topological polar surface area (TPSA) is 52.5 Å². The molecular formula is C16H27F3IN5S. The van der Waals surface area contributed by atoms with Crippen molar-refractivity contribution in [2.45, 2.75) is 32.4 Å². The molecule has 5 nitrogen and oxygen atoms in total. The van der Waals surface area contributed by atoms with Gasteiger partial charge in [-0.2, -0.15) is 13.2 Å². The number of thiazole rings is 1. The van der Waals surface area contributed by atoms with Gasteiger partial charge in [-0.05, 0) is 31.8 Å². The zero-order valence-electron chi connectivity index (χ0n) is 15.1. The number of nitrogens with one attached hydrogen (secondary N) is 2. The van der Waals surface area contributed by atoms with E-state index in [0.717, 1.165) is 36.4 Å². The molecular weight excluding hydrogens is 478 g/mol. The van der Waals surface area contributed by atoms with Crippen LogP contribution in [0.1, 0.15) is 30.5 Å². The van der Waals surface area contributed by atoms with Gasteiger partial charge in [0.25, 0.3) is 0 Å². The molecule has 2 heterocycles. The number of rotatable bonds is 6. The Hall–Kier alpha value is -0.620. The van der Waals surface area contributed by atoms with Crippen LogP contribution in [0.4, 0.5) is 13.2 Å². The minimum atomic E-state index is -4.37. The van der Waals surface area contributed by atoms with Crippen molar-refractivity contribution >= 4 is 41.3 Å². The number of aromatic nitrogens is 1. The van der Waals surface area contributed by atoms with Crippen molar-refractivity contribution in [3.63, 3.8) is 0 Å². The minimum absolute atomic E-state index is 0. The lowest BCUT2D eigenvalue weighted by Gasteiger charge is -2.32. The van der Waals surface area contributed by atoms with Crippen molar-refractivity contribution in [1.29, 1.82) is 0 Å². The predicted octanol–water partition coefficient (Wildman–Crippen LogP) is 3.22. The van der Waals surface area contributed by atoms with E-state index in [2.05, 4.69) is 32.4 Å². The fourth-order valence-corrected chi connectivity index (χ4v) is 3.72. The standard InChI is InChI=1S/C16H26F3N5S.HI/c1-3-24-8-4-5-12(10-24)9-22-15(20-2)21-7-6-14-23-13(11-25-14)16(17,18)19;/h11-12H,3-10H2,1-2H3,(H2,20,21,22);1H. The molecule has 0 spiro atoms. The summed E-state index contributed by atoms with van der Waals surface area (Å²) in [6.07, 6.45) is -1.50. The van der Waals surface area contributed by atoms with Crippen molar-refractivity contribution < 1.29 is 13.2 Å². The van der Waals surface area contributed by atoms with Gasteiger partial charge in [0, 0.05) is 38.5 Å². The van der Waals surface area contributed by atoms with Crippen molar-refractivity contribution in [2.75, 3.05) is 39.8 Å². The smallest absolute Gasteiger partial charge is 0.356 e. The molecule has 1 aliphatic rings. The van der Waals surface area contributed by atoms with Gasteiger partial charge in [-0.15, -0.1) is 35.3 Å². The van der Waals surface area contributed by atoms with Crippen LogP contribution in [0.25, 0.3) is 0 Å². The molecule has 10 heteroatoms. The van der Waals surface area contributed by atoms with Gasteiger partial charge in [0.05, 0.1) is 5.01 Å². The molecule has 1 fully saturated rings. The van der Waals surface area contributed by atoms with Crippen LogP contribution in [-0.4, -0.2) is 55.6 Å². The van der Waals surface area contributed by atoms with Crippen LogP contribution in [0.15, 0.2) is 10.4 Å². The molecule has 0 aliphatic carbocycles. The van der Waals surface area contributed by atoms with E-state index in [1.165, 1.54) is 19.4 Å². The van der Waals surface area contributed by atoms with Gasteiger partial charge >= 0.3 is 6.18 Å².